The molecule has 30 heavy (non-hydrogen) atoms. The van der Waals surface area contributed by atoms with Gasteiger partial charge < -0.3 is 14.8 Å². The summed E-state index contributed by atoms with van der Waals surface area (Å²) < 4.78 is 46.1. The molecule has 0 fully saturated rings. The van der Waals surface area contributed by atoms with E-state index in [0.717, 1.165) is 5.69 Å². The topological polar surface area (TPSA) is 30.5 Å². The zero-order valence-electron chi connectivity index (χ0n) is 17.1. The standard InChI is InChI=1S/C24H24F3NO2/c1-23(2,3)18-6-4-17(5-7-18)16-28-19-8-10-20(11-9-19)29-21-12-14-22(15-13-21)30-24(25,26)27/h4-15,28H,16H2,1-3H3. The Morgan fingerprint density at radius 1 is 0.700 bits per heavy atom. The predicted molar refractivity (Wildman–Crippen MR) is 112 cm³/mol. The van der Waals surface area contributed by atoms with Gasteiger partial charge in [-0.15, -0.1) is 13.2 Å². The van der Waals surface area contributed by atoms with Crippen LogP contribution in [0.2, 0.25) is 0 Å². The molecule has 0 bridgehead atoms. The highest BCUT2D eigenvalue weighted by Gasteiger charge is 2.30. The summed E-state index contributed by atoms with van der Waals surface area (Å²) >= 11 is 0. The summed E-state index contributed by atoms with van der Waals surface area (Å²) in [5, 5.41) is 3.36. The summed E-state index contributed by atoms with van der Waals surface area (Å²) in [5.74, 6) is 0.716. The monoisotopic (exact) mass is 415 g/mol. The molecule has 0 aliphatic carbocycles. The third kappa shape index (κ3) is 6.44. The summed E-state index contributed by atoms with van der Waals surface area (Å²) in [6, 6.07) is 21.2. The third-order valence-corrected chi connectivity index (χ3v) is 4.46. The van der Waals surface area contributed by atoms with E-state index < -0.39 is 6.36 Å². The van der Waals surface area contributed by atoms with Gasteiger partial charge in [-0.2, -0.15) is 0 Å². The van der Waals surface area contributed by atoms with Crippen molar-refractivity contribution in [2.75, 3.05) is 5.32 Å². The molecule has 3 aromatic rings. The number of ether oxygens (including phenoxy) is 2. The Bertz CT molecular complexity index is 942. The van der Waals surface area contributed by atoms with Crippen LogP contribution < -0.4 is 14.8 Å². The molecule has 0 radical (unpaired) electrons. The van der Waals surface area contributed by atoms with Crippen LogP contribution >= 0.6 is 0 Å². The number of halogens is 3. The van der Waals surface area contributed by atoms with Crippen molar-refractivity contribution in [3.8, 4) is 17.2 Å². The smallest absolute Gasteiger partial charge is 0.457 e. The van der Waals surface area contributed by atoms with E-state index in [4.69, 9.17) is 4.74 Å². The molecule has 0 amide bonds. The molecule has 3 nitrogen and oxygen atoms in total. The van der Waals surface area contributed by atoms with Crippen molar-refractivity contribution in [2.45, 2.75) is 39.1 Å². The van der Waals surface area contributed by atoms with Crippen molar-refractivity contribution in [1.29, 1.82) is 0 Å². The number of benzene rings is 3. The highest BCUT2D eigenvalue weighted by Crippen LogP contribution is 2.28. The summed E-state index contributed by atoms with van der Waals surface area (Å²) in [6.07, 6.45) is -4.71. The van der Waals surface area contributed by atoms with Crippen molar-refractivity contribution >= 4 is 5.69 Å². The van der Waals surface area contributed by atoms with Gasteiger partial charge in [-0.3, -0.25) is 0 Å². The lowest BCUT2D eigenvalue weighted by molar-refractivity contribution is -0.274. The Kier molecular flexibility index (Phi) is 6.25. The average molecular weight is 415 g/mol. The minimum Gasteiger partial charge on any atom is -0.457 e. The van der Waals surface area contributed by atoms with Crippen molar-refractivity contribution in [3.63, 3.8) is 0 Å². The van der Waals surface area contributed by atoms with Crippen molar-refractivity contribution in [3.05, 3.63) is 83.9 Å². The Morgan fingerprint density at radius 3 is 1.70 bits per heavy atom. The van der Waals surface area contributed by atoms with E-state index in [1.165, 1.54) is 35.4 Å². The molecule has 0 aliphatic heterocycles. The molecule has 0 atom stereocenters. The van der Waals surface area contributed by atoms with Crippen LogP contribution in [0.5, 0.6) is 17.2 Å². The molecule has 0 unspecified atom stereocenters. The molecule has 0 saturated heterocycles. The zero-order chi connectivity index (χ0) is 21.8. The van der Waals surface area contributed by atoms with E-state index in [2.05, 4.69) is 55.1 Å². The number of nitrogens with one attached hydrogen (secondary N) is 1. The highest BCUT2D eigenvalue weighted by molar-refractivity contribution is 5.48. The normalized spacial score (nSPS) is 11.8. The van der Waals surface area contributed by atoms with Crippen LogP contribution in [-0.2, 0) is 12.0 Å². The Labute approximate surface area is 174 Å². The fourth-order valence-corrected chi connectivity index (χ4v) is 2.81. The molecular weight excluding hydrogens is 391 g/mol. The molecule has 0 aromatic heterocycles. The summed E-state index contributed by atoms with van der Waals surface area (Å²) in [4.78, 5) is 0. The quantitative estimate of drug-likeness (QED) is 0.459. The molecule has 0 saturated carbocycles. The van der Waals surface area contributed by atoms with Gasteiger partial charge in [-0.05, 0) is 65.1 Å². The van der Waals surface area contributed by atoms with E-state index in [1.807, 2.05) is 12.1 Å². The number of hydrogen-bond acceptors (Lipinski definition) is 3. The minimum absolute atomic E-state index is 0.132. The SMILES string of the molecule is CC(C)(C)c1ccc(CNc2ccc(Oc3ccc(OC(F)(F)F)cc3)cc2)cc1. The van der Waals surface area contributed by atoms with E-state index >= 15 is 0 Å². The van der Waals surface area contributed by atoms with Crippen LogP contribution in [0.25, 0.3) is 0 Å². The molecule has 6 heteroatoms. The van der Waals surface area contributed by atoms with Gasteiger partial charge in [0.2, 0.25) is 0 Å². The lowest BCUT2D eigenvalue weighted by Gasteiger charge is -2.19. The number of hydrogen-bond donors (Lipinski definition) is 1. The molecule has 3 aromatic carbocycles. The Morgan fingerprint density at radius 2 is 1.20 bits per heavy atom. The van der Waals surface area contributed by atoms with Crippen LogP contribution in [0.3, 0.4) is 0 Å². The largest absolute Gasteiger partial charge is 0.573 e. The number of anilines is 1. The van der Waals surface area contributed by atoms with Gasteiger partial charge in [0.05, 0.1) is 0 Å². The Balaban J connectivity index is 1.53. The third-order valence-electron chi connectivity index (χ3n) is 4.46. The lowest BCUT2D eigenvalue weighted by Crippen LogP contribution is -2.16. The second kappa shape index (κ2) is 8.69. The highest BCUT2D eigenvalue weighted by atomic mass is 19.4. The van der Waals surface area contributed by atoms with E-state index in [1.54, 1.807) is 12.1 Å². The van der Waals surface area contributed by atoms with Crippen LogP contribution in [0.1, 0.15) is 31.9 Å². The first-order valence-corrected chi connectivity index (χ1v) is 9.55. The predicted octanol–water partition coefficient (Wildman–Crippen LogP) is 7.29. The van der Waals surface area contributed by atoms with E-state index in [0.29, 0.717) is 18.0 Å². The maximum atomic E-state index is 12.2. The molecular formula is C24H24F3NO2. The van der Waals surface area contributed by atoms with Crippen LogP contribution in [0, 0.1) is 0 Å². The first-order valence-electron chi connectivity index (χ1n) is 9.55. The Hall–Kier alpha value is -3.15. The average Bonchev–Trinajstić information content (AvgIpc) is 2.67. The van der Waals surface area contributed by atoms with Crippen LogP contribution in [0.4, 0.5) is 18.9 Å². The fourth-order valence-electron chi connectivity index (χ4n) is 2.81. The van der Waals surface area contributed by atoms with E-state index in [9.17, 15) is 13.2 Å². The van der Waals surface area contributed by atoms with Crippen LogP contribution in [0.15, 0.2) is 72.8 Å². The van der Waals surface area contributed by atoms with Gasteiger partial charge in [-0.25, -0.2) is 0 Å². The van der Waals surface area contributed by atoms with Gasteiger partial charge in [0.25, 0.3) is 0 Å². The molecule has 1 N–H and O–H groups in total. The molecule has 0 spiro atoms. The van der Waals surface area contributed by atoms with Gasteiger partial charge in [-0.1, -0.05) is 45.0 Å². The molecule has 158 valence electrons. The zero-order valence-corrected chi connectivity index (χ0v) is 17.1. The van der Waals surface area contributed by atoms with Crippen molar-refractivity contribution in [2.24, 2.45) is 0 Å². The van der Waals surface area contributed by atoms with Crippen LogP contribution in [-0.4, -0.2) is 6.36 Å². The first kappa shape index (κ1) is 21.6. The van der Waals surface area contributed by atoms with E-state index in [-0.39, 0.29) is 11.2 Å². The molecule has 0 heterocycles. The second-order valence-corrected chi connectivity index (χ2v) is 7.95. The first-order chi connectivity index (χ1) is 14.1. The maximum absolute atomic E-state index is 12.2. The van der Waals surface area contributed by atoms with Gasteiger partial charge >= 0.3 is 6.36 Å². The summed E-state index contributed by atoms with van der Waals surface area (Å²) in [6.45, 7) is 7.27. The fraction of sp³-hybridized carbons (Fsp3) is 0.250. The molecule has 3 rings (SSSR count). The number of rotatable bonds is 6. The number of alkyl halides is 3. The second-order valence-electron chi connectivity index (χ2n) is 7.95. The van der Waals surface area contributed by atoms with Gasteiger partial charge in [0.1, 0.15) is 17.2 Å². The summed E-state index contributed by atoms with van der Waals surface area (Å²) in [5.41, 5.74) is 3.56. The van der Waals surface area contributed by atoms with Gasteiger partial charge in [0.15, 0.2) is 0 Å². The van der Waals surface area contributed by atoms with Gasteiger partial charge in [0, 0.05) is 12.2 Å². The van der Waals surface area contributed by atoms with Crippen molar-refractivity contribution in [1.82, 2.24) is 0 Å². The maximum Gasteiger partial charge on any atom is 0.573 e. The summed E-state index contributed by atoms with van der Waals surface area (Å²) in [7, 11) is 0. The molecule has 0 aliphatic rings. The minimum atomic E-state index is -4.71. The van der Waals surface area contributed by atoms with Crippen molar-refractivity contribution < 1.29 is 22.6 Å². The lowest BCUT2D eigenvalue weighted by atomic mass is 9.87.